The van der Waals surface area contributed by atoms with Gasteiger partial charge in [-0.1, -0.05) is 17.7 Å². The van der Waals surface area contributed by atoms with E-state index in [1.54, 1.807) is 18.3 Å². The highest BCUT2D eigenvalue weighted by molar-refractivity contribution is 5.82. The highest BCUT2D eigenvalue weighted by Crippen LogP contribution is 2.18. The molecular formula is C15H14FNO. The van der Waals surface area contributed by atoms with Crippen LogP contribution in [0.25, 0.3) is 0 Å². The van der Waals surface area contributed by atoms with E-state index >= 15 is 0 Å². The maximum atomic E-state index is 13.4. The first-order valence-corrected chi connectivity index (χ1v) is 5.63. The third-order valence-electron chi connectivity index (χ3n) is 2.57. The first-order valence-electron chi connectivity index (χ1n) is 5.63. The molecule has 2 rings (SSSR count). The van der Waals surface area contributed by atoms with E-state index in [-0.39, 0.29) is 11.6 Å². The summed E-state index contributed by atoms with van der Waals surface area (Å²) in [5.74, 6) is -0.146. The molecule has 0 unspecified atom stereocenters. The topological polar surface area (TPSA) is 21.6 Å². The van der Waals surface area contributed by atoms with Crippen molar-refractivity contribution >= 4 is 11.9 Å². The Morgan fingerprint density at radius 1 is 1.11 bits per heavy atom. The first-order chi connectivity index (χ1) is 8.69. The van der Waals surface area contributed by atoms with Gasteiger partial charge < -0.3 is 4.74 Å². The molecule has 0 aliphatic heterocycles. The zero-order chi connectivity index (χ0) is 13.0. The molecule has 0 atom stereocenters. The van der Waals surface area contributed by atoms with Crippen LogP contribution in [0.1, 0.15) is 11.1 Å². The Kier molecular flexibility index (Phi) is 3.72. The second-order valence-corrected chi connectivity index (χ2v) is 3.99. The molecule has 0 aromatic heterocycles. The molecular weight excluding hydrogens is 229 g/mol. The summed E-state index contributed by atoms with van der Waals surface area (Å²) in [5, 5.41) is 0. The molecule has 2 aromatic carbocycles. The molecule has 0 N–H and O–H groups in total. The second-order valence-electron chi connectivity index (χ2n) is 3.99. The Morgan fingerprint density at radius 3 is 2.44 bits per heavy atom. The maximum absolute atomic E-state index is 13.4. The van der Waals surface area contributed by atoms with Gasteiger partial charge in [0.05, 0.1) is 12.8 Å². The van der Waals surface area contributed by atoms with Gasteiger partial charge in [0.1, 0.15) is 0 Å². The number of nitrogens with zero attached hydrogens (tertiary/aromatic N) is 1. The van der Waals surface area contributed by atoms with E-state index in [1.807, 2.05) is 31.2 Å². The molecule has 3 heteroatoms. The normalized spacial score (nSPS) is 10.8. The fourth-order valence-electron chi connectivity index (χ4n) is 1.54. The zero-order valence-electron chi connectivity index (χ0n) is 10.4. The van der Waals surface area contributed by atoms with Gasteiger partial charge in [0, 0.05) is 6.21 Å². The molecule has 0 saturated carbocycles. The van der Waals surface area contributed by atoms with Crippen molar-refractivity contribution in [1.29, 1.82) is 0 Å². The summed E-state index contributed by atoms with van der Waals surface area (Å²) < 4.78 is 18.3. The van der Waals surface area contributed by atoms with Crippen molar-refractivity contribution in [1.82, 2.24) is 0 Å². The summed E-state index contributed by atoms with van der Waals surface area (Å²) in [6.45, 7) is 2.02. The molecule has 2 aromatic rings. The summed E-state index contributed by atoms with van der Waals surface area (Å²) >= 11 is 0. The van der Waals surface area contributed by atoms with E-state index < -0.39 is 0 Å². The molecule has 0 fully saturated rings. The fourth-order valence-corrected chi connectivity index (χ4v) is 1.54. The van der Waals surface area contributed by atoms with Crippen molar-refractivity contribution in [2.45, 2.75) is 6.92 Å². The SMILES string of the molecule is COc1ccc(C=Nc2ccc(C)cc2)cc1F. The molecule has 92 valence electrons. The third-order valence-corrected chi connectivity index (χ3v) is 2.57. The summed E-state index contributed by atoms with van der Waals surface area (Å²) in [6.07, 6.45) is 1.63. The van der Waals surface area contributed by atoms with E-state index in [0.717, 1.165) is 5.69 Å². The monoisotopic (exact) mass is 243 g/mol. The van der Waals surface area contributed by atoms with E-state index in [0.29, 0.717) is 5.56 Å². The molecule has 18 heavy (non-hydrogen) atoms. The number of rotatable bonds is 3. The fraction of sp³-hybridized carbons (Fsp3) is 0.133. The van der Waals surface area contributed by atoms with Crippen LogP contribution in [0.15, 0.2) is 47.5 Å². The summed E-state index contributed by atoms with van der Waals surface area (Å²) in [6, 6.07) is 12.6. The van der Waals surface area contributed by atoms with Gasteiger partial charge in [-0.3, -0.25) is 4.99 Å². The lowest BCUT2D eigenvalue weighted by Crippen LogP contribution is -1.90. The number of methoxy groups -OCH3 is 1. The number of benzene rings is 2. The number of hydrogen-bond donors (Lipinski definition) is 0. The predicted octanol–water partition coefficient (Wildman–Crippen LogP) is 3.89. The van der Waals surface area contributed by atoms with Crippen molar-refractivity contribution in [2.24, 2.45) is 4.99 Å². The third kappa shape index (κ3) is 2.94. The van der Waals surface area contributed by atoms with Gasteiger partial charge >= 0.3 is 0 Å². The van der Waals surface area contributed by atoms with Gasteiger partial charge in [-0.05, 0) is 42.8 Å². The van der Waals surface area contributed by atoms with Gasteiger partial charge in [-0.25, -0.2) is 4.39 Å². The lowest BCUT2D eigenvalue weighted by atomic mass is 10.2. The van der Waals surface area contributed by atoms with Gasteiger partial charge in [0.25, 0.3) is 0 Å². The average Bonchev–Trinajstić information content (AvgIpc) is 2.38. The van der Waals surface area contributed by atoms with E-state index in [9.17, 15) is 4.39 Å². The molecule has 0 radical (unpaired) electrons. The summed E-state index contributed by atoms with van der Waals surface area (Å²) in [4.78, 5) is 4.28. The van der Waals surface area contributed by atoms with Crippen LogP contribution in [0.4, 0.5) is 10.1 Å². The van der Waals surface area contributed by atoms with Gasteiger partial charge in [-0.15, -0.1) is 0 Å². The zero-order valence-corrected chi connectivity index (χ0v) is 10.4. The molecule has 0 bridgehead atoms. The quantitative estimate of drug-likeness (QED) is 0.749. The van der Waals surface area contributed by atoms with Crippen LogP contribution >= 0.6 is 0 Å². The molecule has 0 saturated heterocycles. The Balaban J connectivity index is 2.18. The van der Waals surface area contributed by atoms with Crippen LogP contribution in [0.3, 0.4) is 0 Å². The number of aliphatic imine (C=N–C) groups is 1. The van der Waals surface area contributed by atoms with Gasteiger partial charge in [0.2, 0.25) is 0 Å². The van der Waals surface area contributed by atoms with Crippen LogP contribution in [-0.2, 0) is 0 Å². The van der Waals surface area contributed by atoms with Crippen molar-refractivity contribution in [3.8, 4) is 5.75 Å². The van der Waals surface area contributed by atoms with Crippen molar-refractivity contribution in [3.05, 3.63) is 59.4 Å². The Bertz CT molecular complexity index is 561. The van der Waals surface area contributed by atoms with Crippen LogP contribution < -0.4 is 4.74 Å². The van der Waals surface area contributed by atoms with Gasteiger partial charge in [-0.2, -0.15) is 0 Å². The summed E-state index contributed by atoms with van der Waals surface area (Å²) in [7, 11) is 1.44. The van der Waals surface area contributed by atoms with Crippen LogP contribution in [0, 0.1) is 12.7 Å². The average molecular weight is 243 g/mol. The predicted molar refractivity (Wildman–Crippen MR) is 71.4 cm³/mol. The smallest absolute Gasteiger partial charge is 0.165 e. The first kappa shape index (κ1) is 12.3. The second kappa shape index (κ2) is 5.45. The standard InChI is InChI=1S/C15H14FNO/c1-11-3-6-13(7-4-11)17-10-12-5-8-15(18-2)14(16)9-12/h3-10H,1-2H3. The molecule has 0 heterocycles. The minimum absolute atomic E-state index is 0.238. The van der Waals surface area contributed by atoms with Crippen LogP contribution in [-0.4, -0.2) is 13.3 Å². The highest BCUT2D eigenvalue weighted by atomic mass is 19.1. The van der Waals surface area contributed by atoms with Gasteiger partial charge in [0.15, 0.2) is 11.6 Å². The Morgan fingerprint density at radius 2 is 1.83 bits per heavy atom. The number of halogens is 1. The maximum Gasteiger partial charge on any atom is 0.165 e. The molecule has 0 amide bonds. The largest absolute Gasteiger partial charge is 0.494 e. The van der Waals surface area contributed by atoms with E-state index in [1.165, 1.54) is 18.7 Å². The number of aryl methyl sites for hydroxylation is 1. The molecule has 0 spiro atoms. The molecule has 2 nitrogen and oxygen atoms in total. The van der Waals surface area contributed by atoms with Crippen LogP contribution in [0.2, 0.25) is 0 Å². The minimum atomic E-state index is -0.384. The van der Waals surface area contributed by atoms with Crippen molar-refractivity contribution < 1.29 is 9.13 Å². The Labute approximate surface area is 106 Å². The minimum Gasteiger partial charge on any atom is -0.494 e. The highest BCUT2D eigenvalue weighted by Gasteiger charge is 2.01. The van der Waals surface area contributed by atoms with Crippen molar-refractivity contribution in [3.63, 3.8) is 0 Å². The van der Waals surface area contributed by atoms with Crippen molar-refractivity contribution in [2.75, 3.05) is 7.11 Å². The molecule has 0 aliphatic carbocycles. The lowest BCUT2D eigenvalue weighted by molar-refractivity contribution is 0.386. The van der Waals surface area contributed by atoms with E-state index in [4.69, 9.17) is 4.74 Å². The summed E-state index contributed by atoms with van der Waals surface area (Å²) in [5.41, 5.74) is 2.73. The lowest BCUT2D eigenvalue weighted by Gasteiger charge is -2.01. The molecule has 0 aliphatic rings. The van der Waals surface area contributed by atoms with E-state index in [2.05, 4.69) is 4.99 Å². The number of ether oxygens (including phenoxy) is 1. The Hall–Kier alpha value is -2.16. The number of hydrogen-bond acceptors (Lipinski definition) is 2. The van der Waals surface area contributed by atoms with Crippen LogP contribution in [0.5, 0.6) is 5.75 Å².